The topological polar surface area (TPSA) is 81.1 Å². The van der Waals surface area contributed by atoms with Gasteiger partial charge in [-0.05, 0) is 30.7 Å². The summed E-state index contributed by atoms with van der Waals surface area (Å²) in [5.41, 5.74) is 1.17. The normalized spacial score (nSPS) is 12.8. The predicted molar refractivity (Wildman–Crippen MR) is 84.1 cm³/mol. The third kappa shape index (κ3) is 5.00. The molecule has 1 aromatic heterocycles. The average molecular weight is 321 g/mol. The Hall–Kier alpha value is -2.15. The molecule has 0 bridgehead atoms. The molecular formula is C15H19N3O3S. The number of rotatable bonds is 6. The molecule has 0 fully saturated rings. The lowest BCUT2D eigenvalue weighted by atomic mass is 10.1. The van der Waals surface area contributed by atoms with E-state index in [-0.39, 0.29) is 17.7 Å². The molecule has 6 nitrogen and oxygen atoms in total. The second kappa shape index (κ2) is 6.74. The Morgan fingerprint density at radius 3 is 2.55 bits per heavy atom. The number of amides is 1. The molecule has 0 aliphatic heterocycles. The summed E-state index contributed by atoms with van der Waals surface area (Å²) in [4.78, 5) is 12.1. The molecule has 22 heavy (non-hydrogen) atoms. The number of nitrogens with zero attached hydrogens (tertiary/aromatic N) is 2. The van der Waals surface area contributed by atoms with Crippen molar-refractivity contribution in [1.29, 1.82) is 0 Å². The smallest absolute Gasteiger partial charge is 0.251 e. The first-order chi connectivity index (χ1) is 10.3. The molecule has 0 spiro atoms. The molecule has 1 amide bonds. The number of nitrogens with one attached hydrogen (secondary N) is 1. The van der Waals surface area contributed by atoms with E-state index >= 15 is 0 Å². The van der Waals surface area contributed by atoms with Crippen LogP contribution in [0.15, 0.2) is 42.7 Å². The molecule has 1 heterocycles. The minimum absolute atomic E-state index is 0.0232. The van der Waals surface area contributed by atoms with Crippen LogP contribution >= 0.6 is 0 Å². The zero-order chi connectivity index (χ0) is 16.2. The first-order valence-corrected chi connectivity index (χ1v) is 8.94. The number of hydrogen-bond acceptors (Lipinski definition) is 4. The van der Waals surface area contributed by atoms with Crippen LogP contribution in [0.3, 0.4) is 0 Å². The Morgan fingerprint density at radius 2 is 2.00 bits per heavy atom. The van der Waals surface area contributed by atoms with Crippen LogP contribution in [0.25, 0.3) is 0 Å². The van der Waals surface area contributed by atoms with E-state index in [1.807, 2.05) is 19.2 Å². The molecule has 0 aliphatic rings. The Kier molecular flexibility index (Phi) is 4.97. The average Bonchev–Trinajstić information content (AvgIpc) is 2.90. The Morgan fingerprint density at radius 1 is 1.32 bits per heavy atom. The monoisotopic (exact) mass is 321 g/mol. The molecule has 1 aromatic carbocycles. The molecule has 2 aromatic rings. The second-order valence-electron chi connectivity index (χ2n) is 5.37. The van der Waals surface area contributed by atoms with E-state index in [2.05, 4.69) is 10.4 Å². The van der Waals surface area contributed by atoms with Crippen LogP contribution in [0.2, 0.25) is 0 Å². The Bertz CT molecular complexity index is 722. The molecule has 2 rings (SSSR count). The third-order valence-corrected chi connectivity index (χ3v) is 3.90. The summed E-state index contributed by atoms with van der Waals surface area (Å²) in [5.74, 6) is -0.213. The zero-order valence-electron chi connectivity index (χ0n) is 12.6. The molecule has 118 valence electrons. The second-order valence-corrected chi connectivity index (χ2v) is 7.51. The largest absolute Gasteiger partial charge is 0.348 e. The van der Waals surface area contributed by atoms with Crippen molar-refractivity contribution < 1.29 is 13.2 Å². The van der Waals surface area contributed by atoms with E-state index in [0.29, 0.717) is 17.7 Å². The van der Waals surface area contributed by atoms with Gasteiger partial charge in [0.25, 0.3) is 5.91 Å². The van der Waals surface area contributed by atoms with Crippen molar-refractivity contribution >= 4 is 15.7 Å². The van der Waals surface area contributed by atoms with Gasteiger partial charge in [0.2, 0.25) is 0 Å². The number of benzene rings is 1. The van der Waals surface area contributed by atoms with Gasteiger partial charge >= 0.3 is 0 Å². The van der Waals surface area contributed by atoms with E-state index < -0.39 is 9.84 Å². The molecular weight excluding hydrogens is 302 g/mol. The lowest BCUT2D eigenvalue weighted by molar-refractivity contribution is 0.0936. The van der Waals surface area contributed by atoms with Crippen molar-refractivity contribution in [3.8, 4) is 0 Å². The van der Waals surface area contributed by atoms with Gasteiger partial charge in [-0.2, -0.15) is 5.10 Å². The van der Waals surface area contributed by atoms with Crippen LogP contribution in [-0.4, -0.2) is 36.4 Å². The van der Waals surface area contributed by atoms with E-state index in [9.17, 15) is 13.2 Å². The summed E-state index contributed by atoms with van der Waals surface area (Å²) in [7, 11) is -3.07. The Labute approximate surface area is 130 Å². The van der Waals surface area contributed by atoms with Gasteiger partial charge in [-0.1, -0.05) is 12.1 Å². The number of hydrogen-bond donors (Lipinski definition) is 1. The van der Waals surface area contributed by atoms with Crippen molar-refractivity contribution in [3.05, 3.63) is 53.9 Å². The molecule has 1 N–H and O–H groups in total. The van der Waals surface area contributed by atoms with Crippen molar-refractivity contribution in [2.24, 2.45) is 0 Å². The van der Waals surface area contributed by atoms with E-state index in [4.69, 9.17) is 0 Å². The van der Waals surface area contributed by atoms with Gasteiger partial charge in [0.15, 0.2) is 9.84 Å². The zero-order valence-corrected chi connectivity index (χ0v) is 13.4. The standard InChI is InChI=1S/C15H19N3O3S/c1-12(10-18-9-3-8-16-18)17-15(19)14-6-4-13(5-7-14)11-22(2,20)21/h3-9,12H,10-11H2,1-2H3,(H,17,19). The summed E-state index contributed by atoms with van der Waals surface area (Å²) in [6.45, 7) is 2.49. The first kappa shape index (κ1) is 16.2. The predicted octanol–water partition coefficient (Wildman–Crippen LogP) is 1.25. The molecule has 1 atom stereocenters. The summed E-state index contributed by atoms with van der Waals surface area (Å²) in [6, 6.07) is 8.35. The Balaban J connectivity index is 1.94. The highest BCUT2D eigenvalue weighted by Gasteiger charge is 2.11. The van der Waals surface area contributed by atoms with Crippen molar-refractivity contribution in [3.63, 3.8) is 0 Å². The van der Waals surface area contributed by atoms with Crippen LogP contribution in [0.5, 0.6) is 0 Å². The first-order valence-electron chi connectivity index (χ1n) is 6.88. The van der Waals surface area contributed by atoms with Gasteiger partial charge in [0.1, 0.15) is 0 Å². The number of aromatic nitrogens is 2. The molecule has 0 aliphatic carbocycles. The maximum Gasteiger partial charge on any atom is 0.251 e. The summed E-state index contributed by atoms with van der Waals surface area (Å²) >= 11 is 0. The van der Waals surface area contributed by atoms with Crippen LogP contribution in [0.4, 0.5) is 0 Å². The minimum Gasteiger partial charge on any atom is -0.348 e. The van der Waals surface area contributed by atoms with Crippen LogP contribution in [0, 0.1) is 0 Å². The SMILES string of the molecule is CC(Cn1cccn1)NC(=O)c1ccc(CS(C)(=O)=O)cc1. The fraction of sp³-hybridized carbons (Fsp3) is 0.333. The van der Waals surface area contributed by atoms with Gasteiger partial charge in [0.05, 0.1) is 12.3 Å². The number of carbonyl (C=O) groups excluding carboxylic acids is 1. The molecule has 0 radical (unpaired) electrons. The quantitative estimate of drug-likeness (QED) is 0.868. The highest BCUT2D eigenvalue weighted by atomic mass is 32.2. The fourth-order valence-electron chi connectivity index (χ4n) is 2.10. The van der Waals surface area contributed by atoms with Crippen LogP contribution in [0.1, 0.15) is 22.8 Å². The van der Waals surface area contributed by atoms with Gasteiger partial charge in [-0.25, -0.2) is 8.42 Å². The molecule has 0 saturated carbocycles. The van der Waals surface area contributed by atoms with Gasteiger partial charge in [0, 0.05) is 30.3 Å². The summed E-state index contributed by atoms with van der Waals surface area (Å²) in [6.07, 6.45) is 4.71. The highest BCUT2D eigenvalue weighted by molar-refractivity contribution is 7.89. The maximum absolute atomic E-state index is 12.1. The highest BCUT2D eigenvalue weighted by Crippen LogP contribution is 2.08. The van der Waals surface area contributed by atoms with Crippen molar-refractivity contribution in [1.82, 2.24) is 15.1 Å². The number of sulfone groups is 1. The van der Waals surface area contributed by atoms with Crippen molar-refractivity contribution in [2.75, 3.05) is 6.26 Å². The molecule has 1 unspecified atom stereocenters. The van der Waals surface area contributed by atoms with Crippen molar-refractivity contribution in [2.45, 2.75) is 25.3 Å². The van der Waals surface area contributed by atoms with E-state index in [1.54, 1.807) is 35.1 Å². The minimum atomic E-state index is -3.07. The van der Waals surface area contributed by atoms with Crippen LogP contribution < -0.4 is 5.32 Å². The third-order valence-electron chi connectivity index (χ3n) is 3.04. The maximum atomic E-state index is 12.1. The van der Waals surface area contributed by atoms with E-state index in [0.717, 1.165) is 0 Å². The summed E-state index contributed by atoms with van der Waals surface area (Å²) < 4.78 is 24.2. The van der Waals surface area contributed by atoms with Gasteiger partial charge < -0.3 is 5.32 Å². The molecule has 0 saturated heterocycles. The van der Waals surface area contributed by atoms with Gasteiger partial charge in [-0.3, -0.25) is 9.48 Å². The van der Waals surface area contributed by atoms with E-state index in [1.165, 1.54) is 6.26 Å². The van der Waals surface area contributed by atoms with Crippen LogP contribution in [-0.2, 0) is 22.1 Å². The summed E-state index contributed by atoms with van der Waals surface area (Å²) in [5, 5.41) is 6.97. The fourth-order valence-corrected chi connectivity index (χ4v) is 2.89. The lowest BCUT2D eigenvalue weighted by Crippen LogP contribution is -2.35. The van der Waals surface area contributed by atoms with Gasteiger partial charge in [-0.15, -0.1) is 0 Å². The lowest BCUT2D eigenvalue weighted by Gasteiger charge is -2.14. The molecule has 7 heteroatoms. The number of carbonyl (C=O) groups is 1.